The normalized spacial score (nSPS) is 19.1. The number of nitrogens with zero attached hydrogens (tertiary/aromatic N) is 2. The number of piperidine rings is 1. The Morgan fingerprint density at radius 1 is 1.00 bits per heavy atom. The summed E-state index contributed by atoms with van der Waals surface area (Å²) in [5.74, 6) is 0.972. The number of esters is 1. The monoisotopic (exact) mass is 525 g/mol. The number of carbonyl (C=O) groups is 2. The maximum Gasteiger partial charge on any atom is 0.310 e. The zero-order chi connectivity index (χ0) is 27.9. The zero-order valence-corrected chi connectivity index (χ0v) is 23.9. The zero-order valence-electron chi connectivity index (χ0n) is 23.9. The second kappa shape index (κ2) is 10.5. The summed E-state index contributed by atoms with van der Waals surface area (Å²) >= 11 is 0. The van der Waals surface area contributed by atoms with E-state index in [1.807, 2.05) is 82.3 Å². The van der Waals surface area contributed by atoms with E-state index in [0.717, 1.165) is 52.4 Å². The van der Waals surface area contributed by atoms with Crippen molar-refractivity contribution >= 4 is 17.6 Å². The highest BCUT2D eigenvalue weighted by atomic mass is 16.5. The summed E-state index contributed by atoms with van der Waals surface area (Å²) in [5, 5.41) is 3.00. The third-order valence-electron chi connectivity index (χ3n) is 8.51. The van der Waals surface area contributed by atoms with Gasteiger partial charge in [0.2, 0.25) is 0 Å². The molecule has 1 N–H and O–H groups in total. The second-order valence-electron chi connectivity index (χ2n) is 11.9. The lowest BCUT2D eigenvalue weighted by Crippen LogP contribution is -2.29. The molecule has 3 aromatic rings. The SMILES string of the molecule is Cc1nc(C)c(-c2ccc(C(=O)NCc3ccccc3)cc2)c(N2CC3C(C2)C3(C)C)c1CC(=O)OC(C)C. The van der Waals surface area contributed by atoms with Gasteiger partial charge in [0.15, 0.2) is 0 Å². The molecule has 1 amide bonds. The van der Waals surface area contributed by atoms with Gasteiger partial charge in [-0.15, -0.1) is 0 Å². The Morgan fingerprint density at radius 2 is 1.64 bits per heavy atom. The van der Waals surface area contributed by atoms with Gasteiger partial charge >= 0.3 is 5.97 Å². The van der Waals surface area contributed by atoms with E-state index in [1.165, 1.54) is 0 Å². The lowest BCUT2D eigenvalue weighted by atomic mass is 9.94. The van der Waals surface area contributed by atoms with E-state index in [4.69, 9.17) is 9.72 Å². The fraction of sp³-hybridized carbons (Fsp3) is 0.424. The van der Waals surface area contributed by atoms with Gasteiger partial charge in [0.1, 0.15) is 0 Å². The van der Waals surface area contributed by atoms with Crippen LogP contribution in [0.25, 0.3) is 11.1 Å². The van der Waals surface area contributed by atoms with E-state index in [1.54, 1.807) is 0 Å². The summed E-state index contributed by atoms with van der Waals surface area (Å²) in [7, 11) is 0. The van der Waals surface area contributed by atoms with Crippen molar-refractivity contribution in [2.45, 2.75) is 60.6 Å². The Kier molecular flexibility index (Phi) is 7.23. The highest BCUT2D eigenvalue weighted by Crippen LogP contribution is 2.63. The molecule has 1 saturated heterocycles. The lowest BCUT2D eigenvalue weighted by Gasteiger charge is -2.30. The summed E-state index contributed by atoms with van der Waals surface area (Å²) in [6.07, 6.45) is 0.0226. The number of hydrogen-bond acceptors (Lipinski definition) is 5. The van der Waals surface area contributed by atoms with Crippen molar-refractivity contribution < 1.29 is 14.3 Å². The van der Waals surface area contributed by atoms with Crippen LogP contribution in [-0.4, -0.2) is 36.1 Å². The maximum absolute atomic E-state index is 12.8. The largest absolute Gasteiger partial charge is 0.463 e. The van der Waals surface area contributed by atoms with Gasteiger partial charge in [-0.05, 0) is 68.2 Å². The predicted octanol–water partition coefficient (Wildman–Crippen LogP) is 5.88. The lowest BCUT2D eigenvalue weighted by molar-refractivity contribution is -0.146. The number of pyridine rings is 1. The van der Waals surface area contributed by atoms with Crippen LogP contribution < -0.4 is 10.2 Å². The molecule has 5 rings (SSSR count). The molecule has 2 unspecified atom stereocenters. The van der Waals surface area contributed by atoms with Crippen molar-refractivity contribution in [1.82, 2.24) is 10.3 Å². The average molecular weight is 526 g/mol. The van der Waals surface area contributed by atoms with Gasteiger partial charge in [-0.3, -0.25) is 14.6 Å². The molecule has 6 heteroatoms. The molecule has 0 bridgehead atoms. The number of benzene rings is 2. The Hall–Kier alpha value is -3.67. The van der Waals surface area contributed by atoms with Crippen LogP contribution >= 0.6 is 0 Å². The summed E-state index contributed by atoms with van der Waals surface area (Å²) in [6, 6.07) is 17.6. The van der Waals surface area contributed by atoms with Gasteiger partial charge in [-0.25, -0.2) is 0 Å². The van der Waals surface area contributed by atoms with Crippen LogP contribution in [0.2, 0.25) is 0 Å². The Labute approximate surface area is 231 Å². The second-order valence-corrected chi connectivity index (χ2v) is 11.9. The molecule has 2 fully saturated rings. The molecule has 6 nitrogen and oxygen atoms in total. The number of nitrogens with one attached hydrogen (secondary N) is 1. The Bertz CT molecular complexity index is 1370. The van der Waals surface area contributed by atoms with Gasteiger partial charge in [0.05, 0.1) is 18.2 Å². The van der Waals surface area contributed by atoms with E-state index in [0.29, 0.717) is 29.4 Å². The number of carbonyl (C=O) groups excluding carboxylic acids is 2. The minimum atomic E-state index is -0.235. The first-order chi connectivity index (χ1) is 18.6. The number of aromatic nitrogens is 1. The first kappa shape index (κ1) is 26.9. The number of hydrogen-bond donors (Lipinski definition) is 1. The number of fused-ring (bicyclic) bond motifs is 1. The fourth-order valence-corrected chi connectivity index (χ4v) is 6.21. The average Bonchev–Trinajstić information content (AvgIpc) is 3.19. The van der Waals surface area contributed by atoms with Crippen LogP contribution in [0.5, 0.6) is 0 Å². The van der Waals surface area contributed by atoms with Crippen molar-refractivity contribution in [1.29, 1.82) is 0 Å². The van der Waals surface area contributed by atoms with Crippen molar-refractivity contribution in [3.63, 3.8) is 0 Å². The topological polar surface area (TPSA) is 71.5 Å². The van der Waals surface area contributed by atoms with Gasteiger partial charge in [0, 0.05) is 47.7 Å². The Morgan fingerprint density at radius 3 is 2.26 bits per heavy atom. The molecule has 0 radical (unpaired) electrons. The first-order valence-electron chi connectivity index (χ1n) is 13.9. The van der Waals surface area contributed by atoms with Crippen molar-refractivity contribution in [3.8, 4) is 11.1 Å². The van der Waals surface area contributed by atoms with Crippen LogP contribution in [-0.2, 0) is 22.5 Å². The maximum atomic E-state index is 12.8. The highest BCUT2D eigenvalue weighted by molar-refractivity contribution is 5.95. The molecule has 1 aliphatic heterocycles. The molecule has 0 spiro atoms. The molecule has 2 aliphatic rings. The number of rotatable bonds is 8. The van der Waals surface area contributed by atoms with Crippen LogP contribution in [0.15, 0.2) is 54.6 Å². The third kappa shape index (κ3) is 5.42. The molecule has 2 heterocycles. The molecule has 2 aromatic carbocycles. The molecule has 1 aromatic heterocycles. The quantitative estimate of drug-likeness (QED) is 0.372. The van der Waals surface area contributed by atoms with Gasteiger partial charge < -0.3 is 15.0 Å². The molecule has 1 aliphatic carbocycles. The minimum absolute atomic E-state index is 0.108. The third-order valence-corrected chi connectivity index (χ3v) is 8.51. The number of aryl methyl sites for hydroxylation is 2. The van der Waals surface area contributed by atoms with Crippen molar-refractivity contribution in [2.24, 2.45) is 17.3 Å². The summed E-state index contributed by atoms with van der Waals surface area (Å²) in [5.41, 5.74) is 7.88. The molecule has 2 atom stereocenters. The molecule has 1 saturated carbocycles. The van der Waals surface area contributed by atoms with E-state index in [-0.39, 0.29) is 24.4 Å². The highest BCUT2D eigenvalue weighted by Gasteiger charge is 2.62. The van der Waals surface area contributed by atoms with Crippen LogP contribution in [0.1, 0.15) is 60.6 Å². The van der Waals surface area contributed by atoms with E-state index >= 15 is 0 Å². The predicted molar refractivity (Wildman–Crippen MR) is 155 cm³/mol. The summed E-state index contributed by atoms with van der Waals surface area (Å²) in [4.78, 5) is 33.0. The number of amides is 1. The smallest absolute Gasteiger partial charge is 0.310 e. The fourth-order valence-electron chi connectivity index (χ4n) is 6.21. The Balaban J connectivity index is 1.46. The van der Waals surface area contributed by atoms with Crippen molar-refractivity contribution in [3.05, 3.63) is 82.7 Å². The summed E-state index contributed by atoms with van der Waals surface area (Å²) in [6.45, 7) is 14.9. The number of anilines is 1. The molecular weight excluding hydrogens is 486 g/mol. The van der Waals surface area contributed by atoms with Crippen LogP contribution in [0.4, 0.5) is 5.69 Å². The van der Waals surface area contributed by atoms with Gasteiger partial charge in [0.25, 0.3) is 5.91 Å². The van der Waals surface area contributed by atoms with E-state index < -0.39 is 0 Å². The van der Waals surface area contributed by atoms with Gasteiger partial charge in [-0.1, -0.05) is 56.3 Å². The standard InChI is InChI=1S/C33H39N3O3/c1-20(2)39-29(37)16-26-21(3)35-22(4)30(31(26)36-18-27-28(19-36)33(27,5)6)24-12-14-25(15-13-24)32(38)34-17-23-10-8-7-9-11-23/h7-15,20,27-28H,16-19H2,1-6H3,(H,34,38). The first-order valence-corrected chi connectivity index (χ1v) is 13.9. The molecule has 39 heavy (non-hydrogen) atoms. The van der Waals surface area contributed by atoms with Crippen LogP contribution in [0, 0.1) is 31.1 Å². The molecular formula is C33H39N3O3. The van der Waals surface area contributed by atoms with Gasteiger partial charge in [-0.2, -0.15) is 0 Å². The van der Waals surface area contributed by atoms with Crippen LogP contribution in [0.3, 0.4) is 0 Å². The summed E-state index contributed by atoms with van der Waals surface area (Å²) < 4.78 is 5.53. The van der Waals surface area contributed by atoms with E-state index in [9.17, 15) is 9.59 Å². The van der Waals surface area contributed by atoms with Crippen molar-refractivity contribution in [2.75, 3.05) is 18.0 Å². The molecule has 204 valence electrons. The minimum Gasteiger partial charge on any atom is -0.463 e. The number of ether oxygens (including phenoxy) is 1. The van der Waals surface area contributed by atoms with E-state index in [2.05, 4.69) is 24.1 Å².